The van der Waals surface area contributed by atoms with E-state index in [0.29, 0.717) is 35.7 Å². The average Bonchev–Trinajstić information content (AvgIpc) is 3.51. The Hall–Kier alpha value is -3.52. The highest BCUT2D eigenvalue weighted by atomic mass is 16.7. The zero-order valence-corrected chi connectivity index (χ0v) is 18.5. The molecule has 8 heteroatoms. The highest BCUT2D eigenvalue weighted by Crippen LogP contribution is 2.35. The number of hydrogen-bond acceptors (Lipinski definition) is 5. The zero-order chi connectivity index (χ0) is 22.6. The fraction of sp³-hybridized carbons (Fsp3) is 0.360. The van der Waals surface area contributed by atoms with Crippen LogP contribution >= 0.6 is 0 Å². The summed E-state index contributed by atoms with van der Waals surface area (Å²) in [6.45, 7) is 4.31. The van der Waals surface area contributed by atoms with E-state index in [1.807, 2.05) is 42.5 Å². The highest BCUT2D eigenvalue weighted by molar-refractivity contribution is 5.83. The number of carbonyl (C=O) groups is 1. The van der Waals surface area contributed by atoms with Crippen molar-refractivity contribution >= 4 is 16.9 Å². The number of H-pyrrole nitrogens is 1. The number of pyridine rings is 1. The lowest BCUT2D eigenvalue weighted by molar-refractivity contribution is 0.174. The molecular formula is C25H28N4O4. The minimum atomic E-state index is -0.205. The Labute approximate surface area is 192 Å². The number of benzene rings is 2. The molecule has 0 aliphatic carbocycles. The molecule has 172 valence electrons. The normalized spacial score (nSPS) is 15.2. The number of rotatable bonds is 7. The third-order valence-electron chi connectivity index (χ3n) is 6.23. The van der Waals surface area contributed by atoms with Crippen molar-refractivity contribution in [1.82, 2.24) is 20.1 Å². The van der Waals surface area contributed by atoms with Crippen molar-refractivity contribution in [3.05, 3.63) is 70.0 Å². The van der Waals surface area contributed by atoms with E-state index in [-0.39, 0.29) is 24.9 Å². The monoisotopic (exact) mass is 448 g/mol. The second-order valence-electron chi connectivity index (χ2n) is 8.53. The van der Waals surface area contributed by atoms with Crippen molar-refractivity contribution in [2.75, 3.05) is 33.0 Å². The summed E-state index contributed by atoms with van der Waals surface area (Å²) < 4.78 is 10.9. The van der Waals surface area contributed by atoms with Crippen LogP contribution in [-0.4, -0.2) is 53.8 Å². The first-order valence-electron chi connectivity index (χ1n) is 11.4. The van der Waals surface area contributed by atoms with Crippen molar-refractivity contribution in [2.24, 2.45) is 0 Å². The van der Waals surface area contributed by atoms with Crippen molar-refractivity contribution < 1.29 is 14.3 Å². The van der Waals surface area contributed by atoms with Crippen LogP contribution in [0.1, 0.15) is 24.0 Å². The van der Waals surface area contributed by atoms with E-state index in [9.17, 15) is 9.59 Å². The molecule has 1 aromatic heterocycles. The number of carbonyl (C=O) groups excluding carboxylic acids is 1. The molecular weight excluding hydrogens is 420 g/mol. The molecule has 0 saturated carbocycles. The lowest BCUT2D eigenvalue weighted by Gasteiger charge is -2.26. The molecule has 3 heterocycles. The number of amides is 2. The molecule has 3 aromatic rings. The van der Waals surface area contributed by atoms with Gasteiger partial charge in [0.25, 0.3) is 5.56 Å². The number of aromatic amines is 1. The Morgan fingerprint density at radius 3 is 2.61 bits per heavy atom. The number of aromatic nitrogens is 1. The summed E-state index contributed by atoms with van der Waals surface area (Å²) >= 11 is 0. The lowest BCUT2D eigenvalue weighted by Crippen LogP contribution is -2.43. The molecule has 2 N–H and O–H groups in total. The van der Waals surface area contributed by atoms with Crippen molar-refractivity contribution in [2.45, 2.75) is 25.9 Å². The van der Waals surface area contributed by atoms with Crippen LogP contribution in [0.5, 0.6) is 11.5 Å². The largest absolute Gasteiger partial charge is 0.454 e. The number of likely N-dealkylation sites (tertiary alicyclic amines) is 1. The smallest absolute Gasteiger partial charge is 0.318 e. The molecule has 2 aliphatic heterocycles. The van der Waals surface area contributed by atoms with Gasteiger partial charge in [0, 0.05) is 36.7 Å². The number of hydrogen-bond donors (Lipinski definition) is 2. The zero-order valence-electron chi connectivity index (χ0n) is 18.5. The summed E-state index contributed by atoms with van der Waals surface area (Å²) in [6.07, 6.45) is 2.39. The van der Waals surface area contributed by atoms with Crippen LogP contribution in [-0.2, 0) is 13.1 Å². The Morgan fingerprint density at radius 1 is 1.06 bits per heavy atom. The number of nitrogens with zero attached hydrogens (tertiary/aromatic N) is 2. The number of urea groups is 1. The molecule has 33 heavy (non-hydrogen) atoms. The fourth-order valence-electron chi connectivity index (χ4n) is 4.37. The molecule has 1 saturated heterocycles. The number of fused-ring (bicyclic) bond motifs is 2. The fourth-order valence-corrected chi connectivity index (χ4v) is 4.37. The number of nitrogens with one attached hydrogen (secondary N) is 2. The van der Waals surface area contributed by atoms with E-state index < -0.39 is 0 Å². The van der Waals surface area contributed by atoms with Gasteiger partial charge in [-0.2, -0.15) is 0 Å². The van der Waals surface area contributed by atoms with Crippen LogP contribution < -0.4 is 20.3 Å². The molecule has 0 radical (unpaired) electrons. The molecule has 8 nitrogen and oxygen atoms in total. The van der Waals surface area contributed by atoms with Crippen molar-refractivity contribution in [3.63, 3.8) is 0 Å². The molecule has 0 bridgehead atoms. The van der Waals surface area contributed by atoms with Gasteiger partial charge in [-0.1, -0.05) is 30.3 Å². The van der Waals surface area contributed by atoms with Crippen LogP contribution in [0.15, 0.2) is 53.3 Å². The molecule has 0 atom stereocenters. The van der Waals surface area contributed by atoms with Gasteiger partial charge in [0.2, 0.25) is 6.79 Å². The van der Waals surface area contributed by atoms with Crippen LogP contribution in [0.2, 0.25) is 0 Å². The molecule has 5 rings (SSSR count). The third-order valence-corrected chi connectivity index (χ3v) is 6.23. The second kappa shape index (κ2) is 9.54. The third kappa shape index (κ3) is 4.96. The van der Waals surface area contributed by atoms with Gasteiger partial charge in [0.15, 0.2) is 11.5 Å². The minimum Gasteiger partial charge on any atom is -0.454 e. The van der Waals surface area contributed by atoms with Gasteiger partial charge < -0.3 is 29.6 Å². The predicted molar refractivity (Wildman–Crippen MR) is 125 cm³/mol. The van der Waals surface area contributed by atoms with Gasteiger partial charge in [0.05, 0.1) is 12.1 Å². The van der Waals surface area contributed by atoms with Gasteiger partial charge in [-0.25, -0.2) is 4.79 Å². The van der Waals surface area contributed by atoms with Crippen LogP contribution in [0.3, 0.4) is 0 Å². The predicted octanol–water partition coefficient (Wildman–Crippen LogP) is 3.06. The van der Waals surface area contributed by atoms with Gasteiger partial charge in [-0.15, -0.1) is 0 Å². The maximum atomic E-state index is 13.1. The Kier molecular flexibility index (Phi) is 6.17. The van der Waals surface area contributed by atoms with E-state index in [1.165, 1.54) is 12.8 Å². The van der Waals surface area contributed by atoms with Gasteiger partial charge in [0.1, 0.15) is 0 Å². The van der Waals surface area contributed by atoms with E-state index in [4.69, 9.17) is 9.47 Å². The minimum absolute atomic E-state index is 0.175. The van der Waals surface area contributed by atoms with E-state index in [0.717, 1.165) is 30.6 Å². The summed E-state index contributed by atoms with van der Waals surface area (Å²) in [5.74, 6) is 1.28. The summed E-state index contributed by atoms with van der Waals surface area (Å²) in [5, 5.41) is 3.85. The van der Waals surface area contributed by atoms with Crippen LogP contribution in [0, 0.1) is 0 Å². The molecule has 2 aliphatic rings. The standard InChI is InChI=1S/C25H28N4O4/c30-24-20(12-19-13-22-23(33-17-32-22)14-21(19)27-24)16-29(11-10-28-8-4-5-9-28)25(31)26-15-18-6-2-1-3-7-18/h1-3,6-7,12-14H,4-5,8-11,15-17H2,(H,26,31)(H,27,30). The topological polar surface area (TPSA) is 86.9 Å². The van der Waals surface area contributed by atoms with Crippen molar-refractivity contribution in [3.8, 4) is 11.5 Å². The Bertz CT molecular complexity index is 1190. The van der Waals surface area contributed by atoms with Crippen LogP contribution in [0.25, 0.3) is 10.9 Å². The lowest BCUT2D eigenvalue weighted by atomic mass is 10.1. The second-order valence-corrected chi connectivity index (χ2v) is 8.53. The van der Waals surface area contributed by atoms with Gasteiger partial charge in [-0.3, -0.25) is 4.79 Å². The maximum absolute atomic E-state index is 13.1. The molecule has 2 amide bonds. The van der Waals surface area contributed by atoms with Crippen molar-refractivity contribution in [1.29, 1.82) is 0 Å². The summed E-state index contributed by atoms with van der Waals surface area (Å²) in [6, 6.07) is 15.1. The average molecular weight is 449 g/mol. The van der Waals surface area contributed by atoms with Gasteiger partial charge >= 0.3 is 6.03 Å². The Morgan fingerprint density at radius 2 is 1.82 bits per heavy atom. The molecule has 2 aromatic carbocycles. The summed E-state index contributed by atoms with van der Waals surface area (Å²) in [4.78, 5) is 33.0. The van der Waals surface area contributed by atoms with Crippen LogP contribution in [0.4, 0.5) is 4.79 Å². The van der Waals surface area contributed by atoms with Gasteiger partial charge in [-0.05, 0) is 43.6 Å². The van der Waals surface area contributed by atoms with E-state index >= 15 is 0 Å². The SMILES string of the molecule is O=C(NCc1ccccc1)N(CCN1CCCC1)Cc1cc2cc3c(cc2[nH]c1=O)OCO3. The Balaban J connectivity index is 1.35. The quantitative estimate of drug-likeness (QED) is 0.580. The van der Waals surface area contributed by atoms with E-state index in [2.05, 4.69) is 15.2 Å². The molecule has 1 fully saturated rings. The highest BCUT2D eigenvalue weighted by Gasteiger charge is 2.20. The first-order valence-corrected chi connectivity index (χ1v) is 11.4. The number of ether oxygens (including phenoxy) is 2. The maximum Gasteiger partial charge on any atom is 0.318 e. The van der Waals surface area contributed by atoms with E-state index in [1.54, 1.807) is 11.0 Å². The first kappa shape index (κ1) is 21.3. The summed E-state index contributed by atoms with van der Waals surface area (Å²) in [5.41, 5.74) is 2.05. The molecule has 0 unspecified atom stereocenters. The first-order chi connectivity index (χ1) is 16.2. The summed E-state index contributed by atoms with van der Waals surface area (Å²) in [7, 11) is 0. The molecule has 0 spiro atoms.